The first-order chi connectivity index (χ1) is 16.0. The van der Waals surface area contributed by atoms with Crippen molar-refractivity contribution in [3.05, 3.63) is 35.9 Å². The molecular formula is C18H19F5N8O3. The number of carbonyl (C=O) groups is 2. The quantitative estimate of drug-likeness (QED) is 0.472. The Morgan fingerprint density at radius 3 is 2.41 bits per heavy atom. The molecule has 11 nitrogen and oxygen atoms in total. The number of hydrogen-bond donors (Lipinski definition) is 3. The Morgan fingerprint density at radius 1 is 1.18 bits per heavy atom. The molecule has 0 aromatic carbocycles. The van der Waals surface area contributed by atoms with Crippen LogP contribution in [0.25, 0.3) is 5.52 Å². The number of nitrogens with zero attached hydrogens (tertiary/aromatic N) is 6. The second-order valence-electron chi connectivity index (χ2n) is 7.01. The van der Waals surface area contributed by atoms with Crippen molar-refractivity contribution in [2.24, 2.45) is 7.05 Å². The molecule has 34 heavy (non-hydrogen) atoms. The molecule has 4 rings (SSSR count). The summed E-state index contributed by atoms with van der Waals surface area (Å²) in [7, 11) is 1.52. The number of carboxylic acid groups (broad SMARTS) is 1. The fraction of sp³-hybridized carbons (Fsp3) is 0.389. The Hall–Kier alpha value is -3.82. The molecule has 3 aromatic rings. The standard InChI is InChI=1S/C16H18F2N8O.C2HF3O2/c1-24-9-11(13(22-24)14(17)18)21-15(27)12-3-2-10-8-20-16(23-26(10)12)25-6-4-19-5-7-25;3-2(4,5)1(6)7/h2-3,8-9,14,19H,4-7H2,1H3,(H,21,27);(H,6,7). The molecule has 0 radical (unpaired) electrons. The van der Waals surface area contributed by atoms with Gasteiger partial charge in [-0.3, -0.25) is 9.48 Å². The average Bonchev–Trinajstić information content (AvgIpc) is 3.37. The van der Waals surface area contributed by atoms with E-state index in [1.165, 1.54) is 22.4 Å². The second-order valence-corrected chi connectivity index (χ2v) is 7.01. The number of nitrogens with one attached hydrogen (secondary N) is 2. The van der Waals surface area contributed by atoms with Gasteiger partial charge in [-0.15, -0.1) is 5.10 Å². The summed E-state index contributed by atoms with van der Waals surface area (Å²) in [6, 6.07) is 3.28. The summed E-state index contributed by atoms with van der Waals surface area (Å²) in [4.78, 5) is 27.9. The molecule has 0 atom stereocenters. The molecule has 1 amide bonds. The molecule has 184 valence electrons. The van der Waals surface area contributed by atoms with Crippen LogP contribution in [0.3, 0.4) is 0 Å². The van der Waals surface area contributed by atoms with E-state index in [1.54, 1.807) is 18.3 Å². The van der Waals surface area contributed by atoms with Gasteiger partial charge >= 0.3 is 12.1 Å². The third kappa shape index (κ3) is 5.75. The Morgan fingerprint density at radius 2 is 1.82 bits per heavy atom. The van der Waals surface area contributed by atoms with Crippen molar-refractivity contribution in [1.29, 1.82) is 0 Å². The van der Waals surface area contributed by atoms with Gasteiger partial charge in [0.1, 0.15) is 5.69 Å². The van der Waals surface area contributed by atoms with Gasteiger partial charge in [0, 0.05) is 39.4 Å². The van der Waals surface area contributed by atoms with E-state index in [9.17, 15) is 26.7 Å². The van der Waals surface area contributed by atoms with E-state index in [-0.39, 0.29) is 11.4 Å². The van der Waals surface area contributed by atoms with Crippen LogP contribution in [0.4, 0.5) is 33.6 Å². The van der Waals surface area contributed by atoms with Gasteiger partial charge < -0.3 is 20.6 Å². The minimum atomic E-state index is -5.08. The normalized spacial score (nSPS) is 14.1. The molecule has 1 aliphatic heterocycles. The zero-order valence-corrected chi connectivity index (χ0v) is 17.6. The number of hydrogen-bond acceptors (Lipinski definition) is 7. The summed E-state index contributed by atoms with van der Waals surface area (Å²) in [5.41, 5.74) is 0.374. The van der Waals surface area contributed by atoms with Crippen molar-refractivity contribution in [2.45, 2.75) is 12.6 Å². The predicted octanol–water partition coefficient (Wildman–Crippen LogP) is 1.70. The first-order valence-electron chi connectivity index (χ1n) is 9.71. The van der Waals surface area contributed by atoms with Gasteiger partial charge in [0.15, 0.2) is 5.69 Å². The molecular weight excluding hydrogens is 471 g/mol. The van der Waals surface area contributed by atoms with Gasteiger partial charge in [-0.25, -0.2) is 23.1 Å². The van der Waals surface area contributed by atoms with Crippen LogP contribution in [-0.4, -0.2) is 73.7 Å². The van der Waals surface area contributed by atoms with Gasteiger partial charge in [-0.1, -0.05) is 0 Å². The monoisotopic (exact) mass is 490 g/mol. The maximum atomic E-state index is 13.1. The molecule has 1 fully saturated rings. The molecule has 16 heteroatoms. The summed E-state index contributed by atoms with van der Waals surface area (Å²) in [6.45, 7) is 3.19. The number of carboxylic acids is 1. The van der Waals surface area contributed by atoms with Crippen LogP contribution in [0.2, 0.25) is 0 Å². The number of carbonyl (C=O) groups excluding carboxylic acids is 1. The first kappa shape index (κ1) is 24.8. The van der Waals surface area contributed by atoms with E-state index in [1.807, 2.05) is 4.90 Å². The van der Waals surface area contributed by atoms with Crippen molar-refractivity contribution in [3.8, 4) is 0 Å². The highest BCUT2D eigenvalue weighted by Crippen LogP contribution is 2.25. The van der Waals surface area contributed by atoms with Crippen molar-refractivity contribution in [3.63, 3.8) is 0 Å². The highest BCUT2D eigenvalue weighted by atomic mass is 19.4. The lowest BCUT2D eigenvalue weighted by molar-refractivity contribution is -0.192. The van der Waals surface area contributed by atoms with Crippen LogP contribution in [-0.2, 0) is 11.8 Å². The number of fused-ring (bicyclic) bond motifs is 1. The fourth-order valence-corrected chi connectivity index (χ4v) is 3.02. The number of anilines is 2. The summed E-state index contributed by atoms with van der Waals surface area (Å²) in [5.74, 6) is -2.79. The molecule has 1 saturated heterocycles. The summed E-state index contributed by atoms with van der Waals surface area (Å²) < 4.78 is 60.6. The van der Waals surface area contributed by atoms with Crippen molar-refractivity contribution >= 4 is 29.0 Å². The maximum absolute atomic E-state index is 13.1. The molecule has 0 bridgehead atoms. The van der Waals surface area contributed by atoms with Gasteiger partial charge in [0.05, 0.1) is 17.4 Å². The van der Waals surface area contributed by atoms with Crippen LogP contribution >= 0.6 is 0 Å². The molecule has 0 aliphatic carbocycles. The number of rotatable bonds is 4. The van der Waals surface area contributed by atoms with Crippen LogP contribution in [0.5, 0.6) is 0 Å². The van der Waals surface area contributed by atoms with E-state index < -0.39 is 30.2 Å². The van der Waals surface area contributed by atoms with Crippen LogP contribution in [0.15, 0.2) is 24.5 Å². The second kappa shape index (κ2) is 9.98. The molecule has 0 spiro atoms. The molecule has 0 saturated carbocycles. The fourth-order valence-electron chi connectivity index (χ4n) is 3.02. The van der Waals surface area contributed by atoms with Crippen LogP contribution in [0, 0.1) is 0 Å². The average molecular weight is 490 g/mol. The molecule has 4 heterocycles. The Balaban J connectivity index is 0.000000406. The zero-order chi connectivity index (χ0) is 25.0. The van der Waals surface area contributed by atoms with Gasteiger partial charge in [0.25, 0.3) is 12.3 Å². The predicted molar refractivity (Wildman–Crippen MR) is 108 cm³/mol. The summed E-state index contributed by atoms with van der Waals surface area (Å²) in [5, 5.41) is 21.0. The number of alkyl halides is 5. The van der Waals surface area contributed by atoms with Gasteiger partial charge in [0.2, 0.25) is 5.95 Å². The Bertz CT molecular complexity index is 1170. The topological polar surface area (TPSA) is 130 Å². The minimum absolute atomic E-state index is 0.0242. The van der Waals surface area contributed by atoms with E-state index >= 15 is 0 Å². The number of amides is 1. The van der Waals surface area contributed by atoms with Crippen molar-refractivity contribution < 1.29 is 36.6 Å². The summed E-state index contributed by atoms with van der Waals surface area (Å²) in [6.07, 6.45) is -4.89. The third-order valence-corrected chi connectivity index (χ3v) is 4.57. The van der Waals surface area contributed by atoms with Crippen LogP contribution < -0.4 is 15.5 Å². The lowest BCUT2D eigenvalue weighted by Gasteiger charge is -2.27. The SMILES string of the molecule is Cn1cc(NC(=O)c2ccc3cnc(N4CCNCC4)nn23)c(C(F)F)n1.O=C(O)C(F)(F)F. The maximum Gasteiger partial charge on any atom is 0.490 e. The number of halogens is 5. The number of piperazine rings is 1. The van der Waals surface area contributed by atoms with Crippen molar-refractivity contribution in [2.75, 3.05) is 36.4 Å². The smallest absolute Gasteiger partial charge is 0.475 e. The molecule has 3 aromatic heterocycles. The largest absolute Gasteiger partial charge is 0.490 e. The van der Waals surface area contributed by atoms with Crippen molar-refractivity contribution in [1.82, 2.24) is 29.7 Å². The highest BCUT2D eigenvalue weighted by molar-refractivity contribution is 6.04. The molecule has 3 N–H and O–H groups in total. The number of aryl methyl sites for hydroxylation is 1. The van der Waals surface area contributed by atoms with Gasteiger partial charge in [-0.2, -0.15) is 18.3 Å². The molecule has 1 aliphatic rings. The first-order valence-corrected chi connectivity index (χ1v) is 9.71. The number of aromatic nitrogens is 5. The van der Waals surface area contributed by atoms with E-state index in [0.717, 1.165) is 26.2 Å². The summed E-state index contributed by atoms with van der Waals surface area (Å²) >= 11 is 0. The minimum Gasteiger partial charge on any atom is -0.475 e. The Kier molecular flexibility index (Phi) is 7.29. The van der Waals surface area contributed by atoms with E-state index in [4.69, 9.17) is 9.90 Å². The van der Waals surface area contributed by atoms with Crippen LogP contribution in [0.1, 0.15) is 22.6 Å². The number of aliphatic carboxylic acids is 1. The zero-order valence-electron chi connectivity index (χ0n) is 17.6. The van der Waals surface area contributed by atoms with E-state index in [2.05, 4.69) is 25.8 Å². The lowest BCUT2D eigenvalue weighted by atomic mass is 10.3. The van der Waals surface area contributed by atoms with Gasteiger partial charge in [-0.05, 0) is 12.1 Å². The molecule has 0 unspecified atom stereocenters. The lowest BCUT2D eigenvalue weighted by Crippen LogP contribution is -2.44. The highest BCUT2D eigenvalue weighted by Gasteiger charge is 2.38. The Labute approximate surface area is 188 Å². The van der Waals surface area contributed by atoms with E-state index in [0.29, 0.717) is 11.5 Å². The third-order valence-electron chi connectivity index (χ3n) is 4.57.